The fraction of sp³-hybridized carbons (Fsp3) is 0.625. The van der Waals surface area contributed by atoms with E-state index in [0.29, 0.717) is 23.8 Å². The molecule has 0 saturated carbocycles. The number of rotatable bonds is 8. The molecule has 0 fully saturated rings. The normalized spacial score (nSPS) is 12.4. The Morgan fingerprint density at radius 3 is 2.45 bits per heavy atom. The van der Waals surface area contributed by atoms with Crippen molar-refractivity contribution in [2.24, 2.45) is 0 Å². The summed E-state index contributed by atoms with van der Waals surface area (Å²) < 4.78 is 29.7. The molecule has 6 heteroatoms. The van der Waals surface area contributed by atoms with E-state index in [1.54, 1.807) is 4.31 Å². The Hall–Kier alpha value is -0.560. The minimum atomic E-state index is -3.47. The fourth-order valence-electron chi connectivity index (χ4n) is 2.44. The number of thiol groups is 1. The predicted octanol–water partition coefficient (Wildman–Crippen LogP) is 3.13. The van der Waals surface area contributed by atoms with Crippen LogP contribution in [0.3, 0.4) is 0 Å². The van der Waals surface area contributed by atoms with E-state index in [1.165, 1.54) is 5.56 Å². The molecule has 126 valence electrons. The van der Waals surface area contributed by atoms with Crippen LogP contribution in [0, 0.1) is 6.92 Å². The maximum Gasteiger partial charge on any atom is 0.241 e. The van der Waals surface area contributed by atoms with Crippen molar-refractivity contribution in [3.05, 3.63) is 28.8 Å². The fourth-order valence-corrected chi connectivity index (χ4v) is 4.17. The summed E-state index contributed by atoms with van der Waals surface area (Å²) in [5.74, 6) is 0.389. The van der Waals surface area contributed by atoms with Crippen molar-refractivity contribution >= 4 is 22.8 Å². The van der Waals surface area contributed by atoms with Gasteiger partial charge in [0.25, 0.3) is 0 Å². The maximum absolute atomic E-state index is 12.6. The number of nitrogens with one attached hydrogen (secondary N) is 1. The minimum absolute atomic E-state index is 0.389. The maximum atomic E-state index is 12.6. The molecule has 0 atom stereocenters. The molecule has 0 aliphatic carbocycles. The van der Waals surface area contributed by atoms with Crippen LogP contribution in [0.15, 0.2) is 17.0 Å². The van der Waals surface area contributed by atoms with Gasteiger partial charge in [-0.15, -0.1) is 0 Å². The van der Waals surface area contributed by atoms with E-state index in [-0.39, 0.29) is 0 Å². The highest BCUT2D eigenvalue weighted by atomic mass is 32.2. The van der Waals surface area contributed by atoms with Crippen LogP contribution in [-0.4, -0.2) is 32.9 Å². The Morgan fingerprint density at radius 2 is 1.95 bits per heavy atom. The van der Waals surface area contributed by atoms with Gasteiger partial charge in [-0.3, -0.25) is 4.31 Å². The second-order valence-corrected chi connectivity index (χ2v) is 8.35. The van der Waals surface area contributed by atoms with Crippen LogP contribution in [0.4, 0.5) is 0 Å². The largest absolute Gasteiger partial charge is 0.256 e. The number of benzene rings is 1. The molecule has 1 rings (SSSR count). The van der Waals surface area contributed by atoms with Crippen LogP contribution in [-0.2, 0) is 16.4 Å². The van der Waals surface area contributed by atoms with E-state index < -0.39 is 10.0 Å². The summed E-state index contributed by atoms with van der Waals surface area (Å²) in [6, 6.07) is 4.01. The molecule has 0 aliphatic rings. The molecule has 0 aliphatic heterocycles. The highest BCUT2D eigenvalue weighted by Crippen LogP contribution is 2.26. The zero-order valence-electron chi connectivity index (χ0n) is 14.2. The van der Waals surface area contributed by atoms with Crippen LogP contribution in [0.1, 0.15) is 49.8 Å². The molecule has 1 aromatic rings. The van der Waals surface area contributed by atoms with E-state index in [0.717, 1.165) is 24.1 Å². The second kappa shape index (κ2) is 8.34. The first-order chi connectivity index (χ1) is 10.2. The molecule has 4 nitrogen and oxygen atoms in total. The van der Waals surface area contributed by atoms with Gasteiger partial charge in [0.2, 0.25) is 10.0 Å². The summed E-state index contributed by atoms with van der Waals surface area (Å²) in [4.78, 5) is 0.443. The quantitative estimate of drug-likeness (QED) is 0.563. The van der Waals surface area contributed by atoms with Crippen LogP contribution in [0.25, 0.3) is 0 Å². The second-order valence-electron chi connectivity index (χ2n) is 5.97. The van der Waals surface area contributed by atoms with Gasteiger partial charge in [-0.05, 0) is 49.4 Å². The number of hydrogen-bond donors (Lipinski definition) is 2. The van der Waals surface area contributed by atoms with Gasteiger partial charge >= 0.3 is 0 Å². The Bertz CT molecular complexity index is 596. The van der Waals surface area contributed by atoms with Crippen molar-refractivity contribution in [1.29, 1.82) is 0 Å². The number of sulfonamides is 1. The van der Waals surface area contributed by atoms with Crippen LogP contribution < -0.4 is 4.72 Å². The Kier molecular flexibility index (Phi) is 7.38. The van der Waals surface area contributed by atoms with Gasteiger partial charge in [0.05, 0.1) is 4.90 Å². The van der Waals surface area contributed by atoms with E-state index in [9.17, 15) is 8.42 Å². The standard InChI is InChI=1S/C16H28N2O2S2/c1-6-14-11-15(12(2)3)10-13(4)16(14)22(19,20)17-8-7-9-18(5)21/h10-12,17,21H,6-9H2,1-5H3. The lowest BCUT2D eigenvalue weighted by Gasteiger charge is -2.17. The van der Waals surface area contributed by atoms with E-state index in [4.69, 9.17) is 0 Å². The Morgan fingerprint density at radius 1 is 1.32 bits per heavy atom. The molecule has 0 unspecified atom stereocenters. The molecule has 22 heavy (non-hydrogen) atoms. The first-order valence-corrected chi connectivity index (χ1v) is 9.60. The summed E-state index contributed by atoms with van der Waals surface area (Å²) in [6.07, 6.45) is 1.43. The van der Waals surface area contributed by atoms with Crippen LogP contribution >= 0.6 is 12.8 Å². The number of hydrogen-bond acceptors (Lipinski definition) is 4. The SMILES string of the molecule is CCc1cc(C(C)C)cc(C)c1S(=O)(=O)NCCCN(C)S. The average molecular weight is 345 g/mol. The lowest BCUT2D eigenvalue weighted by atomic mass is 9.97. The van der Waals surface area contributed by atoms with Gasteiger partial charge in [0.15, 0.2) is 0 Å². The third-order valence-electron chi connectivity index (χ3n) is 3.64. The number of nitrogens with zero attached hydrogens (tertiary/aromatic N) is 1. The molecule has 0 heterocycles. The number of aryl methyl sites for hydroxylation is 2. The molecule has 1 aromatic carbocycles. The molecule has 0 aromatic heterocycles. The van der Waals surface area contributed by atoms with Gasteiger partial charge in [0.1, 0.15) is 0 Å². The Balaban J connectivity index is 3.03. The molecule has 0 amide bonds. The third kappa shape index (κ3) is 5.26. The highest BCUT2D eigenvalue weighted by molar-refractivity contribution is 7.89. The van der Waals surface area contributed by atoms with E-state index in [2.05, 4.69) is 31.4 Å². The van der Waals surface area contributed by atoms with E-state index >= 15 is 0 Å². The van der Waals surface area contributed by atoms with Crippen molar-refractivity contribution in [1.82, 2.24) is 9.03 Å². The van der Waals surface area contributed by atoms with Crippen molar-refractivity contribution < 1.29 is 8.42 Å². The van der Waals surface area contributed by atoms with Gasteiger partial charge in [-0.2, -0.15) is 0 Å². The van der Waals surface area contributed by atoms with Crippen LogP contribution in [0.2, 0.25) is 0 Å². The zero-order chi connectivity index (χ0) is 16.9. The van der Waals surface area contributed by atoms with Gasteiger partial charge < -0.3 is 0 Å². The molecule has 0 radical (unpaired) electrons. The third-order valence-corrected chi connectivity index (χ3v) is 5.55. The summed E-state index contributed by atoms with van der Waals surface area (Å²) in [6.45, 7) is 9.26. The predicted molar refractivity (Wildman–Crippen MR) is 96.1 cm³/mol. The summed E-state index contributed by atoms with van der Waals surface area (Å²) >= 11 is 4.15. The van der Waals surface area contributed by atoms with Crippen molar-refractivity contribution in [2.45, 2.75) is 51.3 Å². The average Bonchev–Trinajstić information content (AvgIpc) is 2.42. The summed E-state index contributed by atoms with van der Waals surface area (Å²) in [5.41, 5.74) is 2.90. The summed E-state index contributed by atoms with van der Waals surface area (Å²) in [7, 11) is -1.62. The topological polar surface area (TPSA) is 49.4 Å². The first-order valence-electron chi connectivity index (χ1n) is 7.72. The molecular formula is C16H28N2O2S2. The van der Waals surface area contributed by atoms with Gasteiger partial charge in [0, 0.05) is 13.1 Å². The monoisotopic (exact) mass is 344 g/mol. The first kappa shape index (κ1) is 19.5. The highest BCUT2D eigenvalue weighted by Gasteiger charge is 2.21. The zero-order valence-corrected chi connectivity index (χ0v) is 15.9. The van der Waals surface area contributed by atoms with E-state index in [1.807, 2.05) is 33.0 Å². The lowest BCUT2D eigenvalue weighted by Crippen LogP contribution is -2.28. The molecule has 0 bridgehead atoms. The minimum Gasteiger partial charge on any atom is -0.256 e. The summed E-state index contributed by atoms with van der Waals surface area (Å²) in [5, 5.41) is 0. The van der Waals surface area contributed by atoms with Gasteiger partial charge in [-0.25, -0.2) is 13.1 Å². The molecule has 1 N–H and O–H groups in total. The van der Waals surface area contributed by atoms with Crippen LogP contribution in [0.5, 0.6) is 0 Å². The molecular weight excluding hydrogens is 316 g/mol. The Labute approximate surface area is 140 Å². The lowest BCUT2D eigenvalue weighted by molar-refractivity contribution is 0.535. The smallest absolute Gasteiger partial charge is 0.241 e. The van der Waals surface area contributed by atoms with Crippen molar-refractivity contribution in [2.75, 3.05) is 20.1 Å². The van der Waals surface area contributed by atoms with Gasteiger partial charge in [-0.1, -0.05) is 45.7 Å². The van der Waals surface area contributed by atoms with Crippen molar-refractivity contribution in [3.63, 3.8) is 0 Å². The molecule has 0 saturated heterocycles. The molecule has 0 spiro atoms. The van der Waals surface area contributed by atoms with Crippen molar-refractivity contribution in [3.8, 4) is 0 Å².